The van der Waals surface area contributed by atoms with Crippen LogP contribution >= 0.6 is 0 Å². The fourth-order valence-electron chi connectivity index (χ4n) is 0.354. The summed E-state index contributed by atoms with van der Waals surface area (Å²) in [6.07, 6.45) is 0. The minimum atomic E-state index is 0. The average molecular weight is 404 g/mol. The smallest absolute Gasteiger partial charge is 0.358 e. The molecule has 0 fully saturated rings. The zero-order valence-corrected chi connectivity index (χ0v) is 13.4. The predicted molar refractivity (Wildman–Crippen MR) is 47.9 cm³/mol. The molecule has 0 aromatic carbocycles. The Kier molecular flexibility index (Phi) is 29.0. The summed E-state index contributed by atoms with van der Waals surface area (Å²) in [5, 5.41) is 9.16. The van der Waals surface area contributed by atoms with Gasteiger partial charge in [-0.2, -0.15) is 4.65 Å². The first-order valence-electron chi connectivity index (χ1n) is 2.35. The molecule has 12 heavy (non-hydrogen) atoms. The topological polar surface area (TPSA) is 32.7 Å². The summed E-state index contributed by atoms with van der Waals surface area (Å²) >= 11 is 0. The zero-order valence-electron chi connectivity index (χ0n) is 9.25. The SMILES string of the molecule is CN(O)O[N+](C)(C)C.[CH3-].[CH3-].[CH3-].[U+3]. The first kappa shape index (κ1) is 29.3. The molecule has 0 aliphatic rings. The van der Waals surface area contributed by atoms with Crippen LogP contribution in [0, 0.1) is 53.4 Å². The third kappa shape index (κ3) is 30.7. The van der Waals surface area contributed by atoms with Gasteiger partial charge in [0.15, 0.2) is 0 Å². The van der Waals surface area contributed by atoms with Gasteiger partial charge < -0.3 is 22.3 Å². The van der Waals surface area contributed by atoms with Gasteiger partial charge in [0.2, 0.25) is 0 Å². The zero-order chi connectivity index (χ0) is 6.78. The fraction of sp³-hybridized carbons (Fsp3) is 0.571. The second-order valence-electron chi connectivity index (χ2n) is 2.44. The van der Waals surface area contributed by atoms with Crippen molar-refractivity contribution in [1.29, 1.82) is 0 Å². The van der Waals surface area contributed by atoms with Crippen LogP contribution in [0.3, 0.4) is 0 Å². The van der Waals surface area contributed by atoms with Crippen LogP contribution in [-0.2, 0) is 4.94 Å². The maximum Gasteiger partial charge on any atom is 3.00 e. The molecule has 4 nitrogen and oxygen atoms in total. The second-order valence-corrected chi connectivity index (χ2v) is 2.44. The molecule has 0 aliphatic carbocycles. The predicted octanol–water partition coefficient (Wildman–Crippen LogP) is 1.21. The molecule has 0 amide bonds. The van der Waals surface area contributed by atoms with Crippen molar-refractivity contribution >= 4 is 0 Å². The van der Waals surface area contributed by atoms with Crippen LogP contribution in [0.25, 0.3) is 0 Å². The van der Waals surface area contributed by atoms with E-state index in [1.54, 1.807) is 21.1 Å². The maximum absolute atomic E-state index is 8.48. The summed E-state index contributed by atoms with van der Waals surface area (Å²) in [7, 11) is 6.82. The van der Waals surface area contributed by atoms with E-state index in [1.807, 2.05) is 0 Å². The van der Waals surface area contributed by atoms with Crippen molar-refractivity contribution in [3.05, 3.63) is 22.3 Å². The molecule has 0 saturated carbocycles. The van der Waals surface area contributed by atoms with Crippen LogP contribution in [0.5, 0.6) is 0 Å². The van der Waals surface area contributed by atoms with Crippen LogP contribution in [0.15, 0.2) is 0 Å². The molecule has 0 aliphatic heterocycles. The average Bonchev–Trinajstić information content (AvgIpc) is 1.21. The van der Waals surface area contributed by atoms with Gasteiger partial charge in [0, 0.05) is 7.05 Å². The molecule has 0 spiro atoms. The van der Waals surface area contributed by atoms with E-state index in [0.29, 0.717) is 5.23 Å². The van der Waals surface area contributed by atoms with Gasteiger partial charge >= 0.3 is 31.1 Å². The van der Waals surface area contributed by atoms with Gasteiger partial charge in [-0.1, -0.05) is 4.94 Å². The summed E-state index contributed by atoms with van der Waals surface area (Å²) in [6.45, 7) is 0. The van der Waals surface area contributed by atoms with Crippen molar-refractivity contribution in [1.82, 2.24) is 5.23 Å². The van der Waals surface area contributed by atoms with Crippen LogP contribution in [0.2, 0.25) is 0 Å². The quantitative estimate of drug-likeness (QED) is 0.427. The second kappa shape index (κ2) is 11.9. The number of nitrogens with zero attached hydrogens (tertiary/aromatic N) is 2. The van der Waals surface area contributed by atoms with Crippen molar-refractivity contribution < 1.29 is 45.9 Å². The standard InChI is InChI=1S/C4H13N2O2.3CH3.U/c1-5(7)8-6(2,3)4;;;;/h7H,1-4H3;3*1H3;/q+1;3*-1;+3. The van der Waals surface area contributed by atoms with Crippen molar-refractivity contribution in [2.45, 2.75) is 0 Å². The summed E-state index contributed by atoms with van der Waals surface area (Å²) < 4.78 is 0.257. The normalized spacial score (nSPS) is 8.50. The summed E-state index contributed by atoms with van der Waals surface area (Å²) in [5.41, 5.74) is 0. The van der Waals surface area contributed by atoms with Gasteiger partial charge in [-0.15, -0.1) is 0 Å². The third-order valence-electron chi connectivity index (χ3n) is 0.363. The van der Waals surface area contributed by atoms with E-state index >= 15 is 0 Å². The Hall–Kier alpha value is 0.892. The van der Waals surface area contributed by atoms with Crippen LogP contribution in [-0.4, -0.2) is 43.3 Å². The number of quaternary nitrogens is 1. The van der Waals surface area contributed by atoms with E-state index in [1.165, 1.54) is 7.05 Å². The molecule has 0 bridgehead atoms. The number of hydroxylamine groups is 5. The maximum atomic E-state index is 8.48. The van der Waals surface area contributed by atoms with E-state index in [4.69, 9.17) is 10.1 Å². The molecule has 0 unspecified atom stereocenters. The van der Waals surface area contributed by atoms with E-state index in [9.17, 15) is 0 Å². The molecule has 5 heteroatoms. The van der Waals surface area contributed by atoms with Gasteiger partial charge in [-0.25, -0.2) is 0 Å². The molecule has 0 rings (SSSR count). The Morgan fingerprint density at radius 2 is 1.33 bits per heavy atom. The molecule has 1 radical (unpaired) electrons. The molecule has 0 heterocycles. The molecule has 0 atom stereocenters. The fourth-order valence-corrected chi connectivity index (χ4v) is 0.354. The Labute approximate surface area is 101 Å². The van der Waals surface area contributed by atoms with Crippen molar-refractivity contribution in [2.75, 3.05) is 28.2 Å². The Balaban J connectivity index is -0.0000000408. The van der Waals surface area contributed by atoms with Gasteiger partial charge in [0.1, 0.15) is 21.1 Å². The molecular formula is C7H22N2O2U+. The summed E-state index contributed by atoms with van der Waals surface area (Å²) in [5.74, 6) is 0. The third-order valence-corrected chi connectivity index (χ3v) is 0.363. The van der Waals surface area contributed by atoms with E-state index in [-0.39, 0.29) is 58.0 Å². The molecule has 0 aromatic rings. The van der Waals surface area contributed by atoms with Crippen molar-refractivity contribution in [3.8, 4) is 0 Å². The van der Waals surface area contributed by atoms with Crippen LogP contribution in [0.1, 0.15) is 0 Å². The first-order valence-corrected chi connectivity index (χ1v) is 2.35. The molecule has 1 N–H and O–H groups in total. The van der Waals surface area contributed by atoms with Gasteiger partial charge in [-0.05, 0) is 5.23 Å². The van der Waals surface area contributed by atoms with Gasteiger partial charge in [-0.3, -0.25) is 5.21 Å². The van der Waals surface area contributed by atoms with Crippen molar-refractivity contribution in [2.24, 2.45) is 0 Å². The van der Waals surface area contributed by atoms with Crippen LogP contribution < -0.4 is 0 Å². The van der Waals surface area contributed by atoms with Gasteiger partial charge in [0.25, 0.3) is 0 Å². The minimum Gasteiger partial charge on any atom is -0.358 e. The monoisotopic (exact) mass is 404 g/mol. The number of hydrogen-bond donors (Lipinski definition) is 1. The van der Waals surface area contributed by atoms with E-state index in [0.717, 1.165) is 0 Å². The number of hydrogen-bond acceptors (Lipinski definition) is 3. The van der Waals surface area contributed by atoms with Crippen LogP contribution in [0.4, 0.5) is 0 Å². The largest absolute Gasteiger partial charge is 3.00 e. The van der Waals surface area contributed by atoms with E-state index in [2.05, 4.69) is 0 Å². The number of rotatable bonds is 2. The molecule has 0 saturated heterocycles. The summed E-state index contributed by atoms with van der Waals surface area (Å²) in [4.78, 5) is 4.76. The van der Waals surface area contributed by atoms with Crippen molar-refractivity contribution in [3.63, 3.8) is 0 Å². The Morgan fingerprint density at radius 3 is 1.33 bits per heavy atom. The molecular weight excluding hydrogens is 382 g/mol. The van der Waals surface area contributed by atoms with Gasteiger partial charge in [0.05, 0.1) is 0 Å². The van der Waals surface area contributed by atoms with E-state index < -0.39 is 0 Å². The minimum absolute atomic E-state index is 0. The summed E-state index contributed by atoms with van der Waals surface area (Å²) in [6, 6.07) is 0. The first-order chi connectivity index (χ1) is 3.42. The Bertz CT molecular complexity index is 74.3. The molecule has 75 valence electrons. The molecule has 0 aromatic heterocycles. The Morgan fingerprint density at radius 1 is 1.08 bits per heavy atom.